The molecule has 1 saturated heterocycles. The van der Waals surface area contributed by atoms with Gasteiger partial charge in [0, 0.05) is 42.7 Å². The molecule has 0 spiro atoms. The Bertz CT molecular complexity index is 1690. The largest absolute Gasteiger partial charge is 0.467 e. The molecule has 2 atom stereocenters. The first kappa shape index (κ1) is 34.6. The maximum atomic E-state index is 13.1. The van der Waals surface area contributed by atoms with Crippen LogP contribution in [0.25, 0.3) is 5.70 Å². The molecule has 1 aromatic heterocycles. The first-order valence-corrected chi connectivity index (χ1v) is 15.9. The minimum Gasteiger partial charge on any atom is -0.467 e. The standard InChI is InChI=1S/C33H37N3O4.C6H7N/c1-6-25-15-11-12-22(3)31(25)28(7-2)34-29(33(39)40-5)20-24-16-18-27(19-17-24)36-30(38)21-35(23(4)37)32(36)26-13-9-8-10-14-26;1-6-3-2-4-7-5-6/h7-19,29,32,34H,6,20-21H2,1-5H3;2-5H,1H3/b28-7-;/t29?,32-;/m0./s1. The van der Waals surface area contributed by atoms with Gasteiger partial charge in [0.05, 0.1) is 7.11 Å². The zero-order chi connectivity index (χ0) is 33.9. The minimum atomic E-state index is -0.606. The van der Waals surface area contributed by atoms with Crippen molar-refractivity contribution < 1.29 is 19.1 Å². The van der Waals surface area contributed by atoms with E-state index in [1.54, 1.807) is 16.0 Å². The van der Waals surface area contributed by atoms with E-state index in [-0.39, 0.29) is 24.3 Å². The van der Waals surface area contributed by atoms with E-state index < -0.39 is 12.2 Å². The van der Waals surface area contributed by atoms with Gasteiger partial charge in [-0.1, -0.05) is 79.7 Å². The molecule has 0 bridgehead atoms. The number of aryl methyl sites for hydroxylation is 3. The number of methoxy groups -OCH3 is 1. The van der Waals surface area contributed by atoms with Gasteiger partial charge in [-0.2, -0.15) is 0 Å². The topological polar surface area (TPSA) is 91.8 Å². The van der Waals surface area contributed by atoms with Crippen molar-refractivity contribution in [2.24, 2.45) is 0 Å². The zero-order valence-electron chi connectivity index (χ0n) is 28.1. The highest BCUT2D eigenvalue weighted by Crippen LogP contribution is 2.35. The predicted octanol–water partition coefficient (Wildman–Crippen LogP) is 6.58. The quantitative estimate of drug-likeness (QED) is 0.210. The fraction of sp³-hybridized carbons (Fsp3) is 0.282. The van der Waals surface area contributed by atoms with Crippen LogP contribution in [-0.4, -0.2) is 47.4 Å². The molecule has 0 aliphatic carbocycles. The van der Waals surface area contributed by atoms with Gasteiger partial charge in [0.15, 0.2) is 0 Å². The summed E-state index contributed by atoms with van der Waals surface area (Å²) in [6.45, 7) is 9.67. The second kappa shape index (κ2) is 16.4. The van der Waals surface area contributed by atoms with Crippen LogP contribution < -0.4 is 10.2 Å². The molecule has 1 N–H and O–H groups in total. The van der Waals surface area contributed by atoms with Gasteiger partial charge in [0.1, 0.15) is 18.8 Å². The minimum absolute atomic E-state index is 0.0236. The Morgan fingerprint density at radius 1 is 1.00 bits per heavy atom. The van der Waals surface area contributed by atoms with Crippen molar-refractivity contribution >= 4 is 29.2 Å². The van der Waals surface area contributed by atoms with Crippen molar-refractivity contribution in [3.05, 3.63) is 137 Å². The SMILES string of the molecule is C/C=C(\NC(Cc1ccc(N2C(=O)CN(C(C)=O)[C@@H]2c2ccccc2)cc1)C(=O)OC)c1c(C)cccc1CC.Cc1cccnc1. The Morgan fingerprint density at radius 2 is 1.72 bits per heavy atom. The van der Waals surface area contributed by atoms with Crippen LogP contribution in [0.15, 0.2) is 103 Å². The van der Waals surface area contributed by atoms with E-state index in [9.17, 15) is 14.4 Å². The lowest BCUT2D eigenvalue weighted by atomic mass is 9.96. The summed E-state index contributed by atoms with van der Waals surface area (Å²) < 4.78 is 5.15. The Kier molecular flexibility index (Phi) is 12.1. The summed E-state index contributed by atoms with van der Waals surface area (Å²) in [5.41, 5.74) is 8.01. The van der Waals surface area contributed by atoms with E-state index in [2.05, 4.69) is 36.3 Å². The number of benzene rings is 3. The third-order valence-corrected chi connectivity index (χ3v) is 8.19. The molecule has 0 saturated carbocycles. The third-order valence-electron chi connectivity index (χ3n) is 8.19. The number of nitrogens with zero attached hydrogens (tertiary/aromatic N) is 3. The number of esters is 1. The number of amides is 2. The lowest BCUT2D eigenvalue weighted by Gasteiger charge is -2.30. The highest BCUT2D eigenvalue weighted by molar-refractivity contribution is 6.00. The average molecular weight is 633 g/mol. The lowest BCUT2D eigenvalue weighted by Crippen LogP contribution is -2.38. The number of carbonyl (C=O) groups excluding carboxylic acids is 3. The summed E-state index contributed by atoms with van der Waals surface area (Å²) in [5, 5.41) is 3.44. The van der Waals surface area contributed by atoms with Crippen molar-refractivity contribution in [1.82, 2.24) is 15.2 Å². The van der Waals surface area contributed by atoms with Crippen LogP contribution in [0.3, 0.4) is 0 Å². The molecule has 1 aliphatic rings. The van der Waals surface area contributed by atoms with Gasteiger partial charge in [-0.25, -0.2) is 4.79 Å². The molecular weight excluding hydrogens is 588 g/mol. The number of carbonyl (C=O) groups is 3. The van der Waals surface area contributed by atoms with Crippen LogP contribution in [0.5, 0.6) is 0 Å². The summed E-state index contributed by atoms with van der Waals surface area (Å²) >= 11 is 0. The molecule has 244 valence electrons. The number of anilines is 1. The fourth-order valence-electron chi connectivity index (χ4n) is 5.82. The van der Waals surface area contributed by atoms with Gasteiger partial charge in [-0.15, -0.1) is 0 Å². The van der Waals surface area contributed by atoms with Gasteiger partial charge in [0.25, 0.3) is 0 Å². The smallest absolute Gasteiger partial charge is 0.328 e. The van der Waals surface area contributed by atoms with Crippen LogP contribution in [0.2, 0.25) is 0 Å². The summed E-state index contributed by atoms with van der Waals surface area (Å²) in [5.74, 6) is -0.660. The molecule has 2 heterocycles. The number of rotatable bonds is 9. The number of aromatic nitrogens is 1. The molecule has 8 nitrogen and oxygen atoms in total. The Hall–Kier alpha value is -5.24. The summed E-state index contributed by atoms with van der Waals surface area (Å²) in [7, 11) is 1.39. The lowest BCUT2D eigenvalue weighted by molar-refractivity contribution is -0.142. The molecular formula is C39H44N4O4. The molecule has 1 unspecified atom stereocenters. The number of hydrogen-bond acceptors (Lipinski definition) is 6. The fourth-order valence-corrected chi connectivity index (χ4v) is 5.82. The Balaban J connectivity index is 0.000000632. The predicted molar refractivity (Wildman–Crippen MR) is 186 cm³/mol. The third kappa shape index (κ3) is 8.52. The Labute approximate surface area is 278 Å². The van der Waals surface area contributed by atoms with Crippen molar-refractivity contribution in [3.63, 3.8) is 0 Å². The monoisotopic (exact) mass is 632 g/mol. The number of nitrogens with one attached hydrogen (secondary N) is 1. The van der Waals surface area contributed by atoms with Gasteiger partial charge < -0.3 is 15.0 Å². The number of ether oxygens (including phenoxy) is 1. The van der Waals surface area contributed by atoms with Crippen LogP contribution in [0, 0.1) is 13.8 Å². The highest BCUT2D eigenvalue weighted by atomic mass is 16.5. The molecule has 1 aliphatic heterocycles. The number of hydrogen-bond donors (Lipinski definition) is 1. The van der Waals surface area contributed by atoms with Gasteiger partial charge >= 0.3 is 5.97 Å². The summed E-state index contributed by atoms with van der Waals surface area (Å²) in [6.07, 6.45) is 6.35. The first-order chi connectivity index (χ1) is 22.7. The Morgan fingerprint density at radius 3 is 2.28 bits per heavy atom. The van der Waals surface area contributed by atoms with Gasteiger partial charge in [-0.05, 0) is 73.2 Å². The van der Waals surface area contributed by atoms with Crippen molar-refractivity contribution in [2.45, 2.75) is 59.7 Å². The van der Waals surface area contributed by atoms with E-state index in [0.29, 0.717) is 12.1 Å². The van der Waals surface area contributed by atoms with Crippen LogP contribution in [-0.2, 0) is 32.0 Å². The molecule has 47 heavy (non-hydrogen) atoms. The van der Waals surface area contributed by atoms with Crippen LogP contribution >= 0.6 is 0 Å². The van der Waals surface area contributed by atoms with E-state index in [0.717, 1.165) is 34.4 Å². The average Bonchev–Trinajstić information content (AvgIpc) is 3.45. The molecule has 1 fully saturated rings. The van der Waals surface area contributed by atoms with Crippen molar-refractivity contribution in [3.8, 4) is 0 Å². The molecule has 0 radical (unpaired) electrons. The van der Waals surface area contributed by atoms with E-state index in [1.807, 2.05) is 98.9 Å². The molecule has 8 heteroatoms. The van der Waals surface area contributed by atoms with E-state index >= 15 is 0 Å². The van der Waals surface area contributed by atoms with Crippen molar-refractivity contribution in [2.75, 3.05) is 18.6 Å². The second-order valence-corrected chi connectivity index (χ2v) is 11.5. The van der Waals surface area contributed by atoms with Crippen LogP contribution in [0.1, 0.15) is 60.3 Å². The van der Waals surface area contributed by atoms with Gasteiger partial charge in [-0.3, -0.25) is 19.5 Å². The maximum absolute atomic E-state index is 13.1. The van der Waals surface area contributed by atoms with E-state index in [1.165, 1.54) is 25.2 Å². The zero-order valence-corrected chi connectivity index (χ0v) is 28.1. The number of allylic oxidation sites excluding steroid dienone is 1. The number of pyridine rings is 1. The summed E-state index contributed by atoms with van der Waals surface area (Å²) in [4.78, 5) is 45.5. The molecule has 2 amide bonds. The second-order valence-electron chi connectivity index (χ2n) is 11.5. The molecule has 3 aromatic carbocycles. The molecule has 4 aromatic rings. The van der Waals surface area contributed by atoms with Crippen LogP contribution in [0.4, 0.5) is 5.69 Å². The normalized spacial score (nSPS) is 15.1. The molecule has 5 rings (SSSR count). The first-order valence-electron chi connectivity index (χ1n) is 15.9. The highest BCUT2D eigenvalue weighted by Gasteiger charge is 2.41. The van der Waals surface area contributed by atoms with E-state index in [4.69, 9.17) is 4.74 Å². The summed E-state index contributed by atoms with van der Waals surface area (Å²) in [6, 6.07) is 26.7. The maximum Gasteiger partial charge on any atom is 0.328 e. The van der Waals surface area contributed by atoms with Crippen molar-refractivity contribution in [1.29, 1.82) is 0 Å². The van der Waals surface area contributed by atoms with Gasteiger partial charge in [0.2, 0.25) is 11.8 Å².